The Labute approximate surface area is 126 Å². The Morgan fingerprint density at radius 2 is 1.71 bits per heavy atom. The Morgan fingerprint density at radius 1 is 1.10 bits per heavy atom. The molecule has 1 aromatic rings. The Morgan fingerprint density at radius 3 is 2.29 bits per heavy atom. The molecule has 3 heteroatoms. The molecule has 0 atom stereocenters. The molecule has 0 amide bonds. The van der Waals surface area contributed by atoms with Crippen molar-refractivity contribution in [2.24, 2.45) is 5.41 Å². The van der Waals surface area contributed by atoms with Crippen molar-refractivity contribution in [2.45, 2.75) is 56.8 Å². The molecule has 0 aliphatic heterocycles. The number of methoxy groups -OCH3 is 1. The van der Waals surface area contributed by atoms with E-state index in [0.29, 0.717) is 5.75 Å². The van der Waals surface area contributed by atoms with Gasteiger partial charge in [0.05, 0.1) is 12.5 Å². The zero-order chi connectivity index (χ0) is 14.9. The fourth-order valence-electron chi connectivity index (χ4n) is 4.56. The summed E-state index contributed by atoms with van der Waals surface area (Å²) >= 11 is 0. The highest BCUT2D eigenvalue weighted by Gasteiger charge is 2.60. The van der Waals surface area contributed by atoms with Gasteiger partial charge in [0.15, 0.2) is 0 Å². The summed E-state index contributed by atoms with van der Waals surface area (Å²) < 4.78 is 5.41. The minimum Gasteiger partial charge on any atom is -0.496 e. The smallest absolute Gasteiger partial charge is 0.314 e. The minimum absolute atomic E-state index is 0.260. The summed E-state index contributed by atoms with van der Waals surface area (Å²) in [7, 11) is 1.62. The lowest BCUT2D eigenvalue weighted by Crippen LogP contribution is -2.54. The second-order valence-electron chi connectivity index (χ2n) is 6.86. The second-order valence-corrected chi connectivity index (χ2v) is 6.86. The average Bonchev–Trinajstić information content (AvgIpc) is 2.70. The summed E-state index contributed by atoms with van der Waals surface area (Å²) in [5.74, 6) is 0.0187. The van der Waals surface area contributed by atoms with Gasteiger partial charge in [-0.2, -0.15) is 0 Å². The van der Waals surface area contributed by atoms with E-state index in [1.54, 1.807) is 7.11 Å². The van der Waals surface area contributed by atoms with Crippen LogP contribution in [0, 0.1) is 5.41 Å². The van der Waals surface area contributed by atoms with Gasteiger partial charge in [0, 0.05) is 5.56 Å². The molecule has 0 radical (unpaired) electrons. The molecule has 1 aromatic carbocycles. The third-order valence-electron chi connectivity index (χ3n) is 5.55. The van der Waals surface area contributed by atoms with Crippen molar-refractivity contribution >= 4 is 5.97 Å². The standard InChI is InChI=1S/C18H24O3/c1-21-15-9-5-4-8-14(15)18(16(19)20)12-17(13-18)10-6-2-3-7-11-17/h4-5,8-9H,2-3,6-7,10-13H2,1H3,(H,19,20). The Hall–Kier alpha value is -1.51. The molecular weight excluding hydrogens is 264 g/mol. The quantitative estimate of drug-likeness (QED) is 0.908. The first-order valence-electron chi connectivity index (χ1n) is 7.99. The summed E-state index contributed by atoms with van der Waals surface area (Å²) in [6.07, 6.45) is 9.04. The number of hydrogen-bond donors (Lipinski definition) is 1. The molecule has 0 unspecified atom stereocenters. The van der Waals surface area contributed by atoms with Crippen LogP contribution in [0.1, 0.15) is 56.9 Å². The molecule has 114 valence electrons. The van der Waals surface area contributed by atoms with Crippen molar-refractivity contribution in [1.82, 2.24) is 0 Å². The number of hydrogen-bond acceptors (Lipinski definition) is 2. The van der Waals surface area contributed by atoms with E-state index in [-0.39, 0.29) is 5.41 Å². The lowest BCUT2D eigenvalue weighted by molar-refractivity contribution is -0.155. The molecule has 0 bridgehead atoms. The summed E-state index contributed by atoms with van der Waals surface area (Å²) in [5.41, 5.74) is 0.377. The van der Waals surface area contributed by atoms with E-state index >= 15 is 0 Å². The van der Waals surface area contributed by atoms with E-state index in [0.717, 1.165) is 18.4 Å². The number of para-hydroxylation sites is 1. The van der Waals surface area contributed by atoms with Gasteiger partial charge in [-0.3, -0.25) is 4.79 Å². The zero-order valence-electron chi connectivity index (χ0n) is 12.7. The van der Waals surface area contributed by atoms with Gasteiger partial charge in [0.25, 0.3) is 0 Å². The molecular formula is C18H24O3. The fourth-order valence-corrected chi connectivity index (χ4v) is 4.56. The van der Waals surface area contributed by atoms with E-state index in [1.807, 2.05) is 24.3 Å². The number of carboxylic acid groups (broad SMARTS) is 1. The molecule has 1 spiro atoms. The van der Waals surface area contributed by atoms with Crippen molar-refractivity contribution in [2.75, 3.05) is 7.11 Å². The summed E-state index contributed by atoms with van der Waals surface area (Å²) in [6.45, 7) is 0. The van der Waals surface area contributed by atoms with Gasteiger partial charge in [-0.1, -0.05) is 43.9 Å². The largest absolute Gasteiger partial charge is 0.496 e. The highest BCUT2D eigenvalue weighted by Crippen LogP contribution is 2.62. The first kappa shape index (κ1) is 14.4. The molecule has 0 heterocycles. The molecule has 2 saturated carbocycles. The third kappa shape index (κ3) is 2.33. The minimum atomic E-state index is -0.739. The molecule has 0 saturated heterocycles. The molecule has 0 aromatic heterocycles. The van der Waals surface area contributed by atoms with Gasteiger partial charge in [-0.25, -0.2) is 0 Å². The lowest BCUT2D eigenvalue weighted by atomic mass is 9.48. The van der Waals surface area contributed by atoms with Crippen LogP contribution in [0.4, 0.5) is 0 Å². The summed E-state index contributed by atoms with van der Waals surface area (Å²) in [4.78, 5) is 12.0. The predicted octanol–water partition coefficient (Wildman–Crippen LogP) is 4.15. The number of ether oxygens (including phenoxy) is 1. The van der Waals surface area contributed by atoms with Crippen LogP contribution < -0.4 is 4.74 Å². The number of benzene rings is 1. The van der Waals surface area contributed by atoms with Crippen LogP contribution in [0.2, 0.25) is 0 Å². The Balaban J connectivity index is 1.92. The summed E-state index contributed by atoms with van der Waals surface area (Å²) in [6, 6.07) is 7.62. The van der Waals surface area contributed by atoms with Gasteiger partial charge >= 0.3 is 5.97 Å². The van der Waals surface area contributed by atoms with E-state index in [2.05, 4.69) is 0 Å². The van der Waals surface area contributed by atoms with Gasteiger partial charge in [-0.15, -0.1) is 0 Å². The zero-order valence-corrected chi connectivity index (χ0v) is 12.7. The first-order valence-corrected chi connectivity index (χ1v) is 7.99. The SMILES string of the molecule is COc1ccccc1C1(C(=O)O)CC2(CCCCCC2)C1. The highest BCUT2D eigenvalue weighted by atomic mass is 16.5. The van der Waals surface area contributed by atoms with Crippen LogP contribution in [0.3, 0.4) is 0 Å². The third-order valence-corrected chi connectivity index (χ3v) is 5.55. The second kappa shape index (κ2) is 5.36. The van der Waals surface area contributed by atoms with Gasteiger partial charge in [0.2, 0.25) is 0 Å². The van der Waals surface area contributed by atoms with Crippen molar-refractivity contribution < 1.29 is 14.6 Å². The van der Waals surface area contributed by atoms with Crippen LogP contribution in [0.25, 0.3) is 0 Å². The van der Waals surface area contributed by atoms with Gasteiger partial charge in [0.1, 0.15) is 5.75 Å². The van der Waals surface area contributed by atoms with Gasteiger partial charge < -0.3 is 9.84 Å². The van der Waals surface area contributed by atoms with E-state index < -0.39 is 11.4 Å². The number of rotatable bonds is 3. The van der Waals surface area contributed by atoms with E-state index in [4.69, 9.17) is 4.74 Å². The molecule has 2 aliphatic rings. The monoisotopic (exact) mass is 288 g/mol. The molecule has 2 aliphatic carbocycles. The Bertz CT molecular complexity index is 519. The molecule has 21 heavy (non-hydrogen) atoms. The van der Waals surface area contributed by atoms with Crippen molar-refractivity contribution in [3.05, 3.63) is 29.8 Å². The maximum Gasteiger partial charge on any atom is 0.314 e. The molecule has 2 fully saturated rings. The van der Waals surface area contributed by atoms with Crippen LogP contribution >= 0.6 is 0 Å². The fraction of sp³-hybridized carbons (Fsp3) is 0.611. The topological polar surface area (TPSA) is 46.5 Å². The number of carbonyl (C=O) groups is 1. The average molecular weight is 288 g/mol. The van der Waals surface area contributed by atoms with Crippen molar-refractivity contribution in [3.63, 3.8) is 0 Å². The van der Waals surface area contributed by atoms with E-state index in [1.165, 1.54) is 38.5 Å². The highest BCUT2D eigenvalue weighted by molar-refractivity contribution is 5.84. The van der Waals surface area contributed by atoms with Crippen molar-refractivity contribution in [3.8, 4) is 5.75 Å². The molecule has 3 rings (SSSR count). The van der Waals surface area contributed by atoms with Crippen LogP contribution in [-0.4, -0.2) is 18.2 Å². The van der Waals surface area contributed by atoms with E-state index in [9.17, 15) is 9.90 Å². The maximum atomic E-state index is 12.0. The summed E-state index contributed by atoms with van der Waals surface area (Å²) in [5, 5.41) is 9.89. The first-order chi connectivity index (χ1) is 10.1. The Kier molecular flexibility index (Phi) is 3.68. The lowest BCUT2D eigenvalue weighted by Gasteiger charge is -2.54. The number of aliphatic carboxylic acids is 1. The normalized spacial score (nSPS) is 23.1. The molecule has 1 N–H and O–H groups in total. The van der Waals surface area contributed by atoms with Crippen LogP contribution in [0.5, 0.6) is 5.75 Å². The van der Waals surface area contributed by atoms with Crippen LogP contribution in [0.15, 0.2) is 24.3 Å². The van der Waals surface area contributed by atoms with Gasteiger partial charge in [-0.05, 0) is 37.2 Å². The molecule has 3 nitrogen and oxygen atoms in total. The van der Waals surface area contributed by atoms with Crippen molar-refractivity contribution in [1.29, 1.82) is 0 Å². The predicted molar refractivity (Wildman–Crippen MR) is 81.7 cm³/mol. The number of carboxylic acids is 1. The van der Waals surface area contributed by atoms with Crippen LogP contribution in [-0.2, 0) is 10.2 Å². The maximum absolute atomic E-state index is 12.0.